The lowest BCUT2D eigenvalue weighted by Gasteiger charge is -2.27. The number of nitrogens with one attached hydrogen (secondary N) is 1. The fraction of sp³-hybridized carbons (Fsp3) is 0.0625. The molecule has 2 aromatic heterocycles. The van der Waals surface area contributed by atoms with Crippen molar-refractivity contribution < 1.29 is 32.2 Å². The summed E-state index contributed by atoms with van der Waals surface area (Å²) >= 11 is 0. The molecule has 1 unspecified atom stereocenters. The zero-order chi connectivity index (χ0) is 23.0. The van der Waals surface area contributed by atoms with Crippen molar-refractivity contribution in [3.05, 3.63) is 48.0 Å². The van der Waals surface area contributed by atoms with E-state index in [0.717, 1.165) is 17.4 Å². The predicted molar refractivity (Wildman–Crippen MR) is 106 cm³/mol. The summed E-state index contributed by atoms with van der Waals surface area (Å²) in [6.07, 6.45) is 2.46. The van der Waals surface area contributed by atoms with Crippen molar-refractivity contribution in [3.63, 3.8) is 0 Å². The van der Waals surface area contributed by atoms with Crippen LogP contribution in [0.15, 0.2) is 55.7 Å². The molecular formula is C16H14N8O7S. The Morgan fingerprint density at radius 1 is 1.12 bits per heavy atom. The Kier molecular flexibility index (Phi) is 5.09. The number of nitrogens with zero attached hydrogens (tertiary/aromatic N) is 5. The highest BCUT2D eigenvalue weighted by molar-refractivity contribution is 7.89. The number of aromatic carboxylic acids is 1. The number of sulfonamides is 1. The molecule has 6 N–H and O–H groups in total. The van der Waals surface area contributed by atoms with E-state index in [9.17, 15) is 23.1 Å². The van der Waals surface area contributed by atoms with E-state index >= 15 is 0 Å². The third-order valence-electron chi connectivity index (χ3n) is 4.32. The Hall–Kier alpha value is -4.28. The molecular weight excluding hydrogens is 448 g/mol. The standard InChI is InChI=1S/C16H14N8O7S/c17-16-23(7-19-24(16)14(25)9-3-5-20-30-9)8-1-2-10(32(18,28)29)12(15(26)27)13(8)22-11-4-6-21-31-11/h1-7,16,22H,17H2,(H,26,27)(H2,18,28,29). The topological polar surface area (TPSA) is 223 Å². The highest BCUT2D eigenvalue weighted by Gasteiger charge is 2.36. The lowest BCUT2D eigenvalue weighted by Crippen LogP contribution is -2.49. The first-order valence-electron chi connectivity index (χ1n) is 8.61. The summed E-state index contributed by atoms with van der Waals surface area (Å²) in [5.41, 5.74) is 5.28. The number of amides is 1. The van der Waals surface area contributed by atoms with Gasteiger partial charge in [0.15, 0.2) is 6.29 Å². The summed E-state index contributed by atoms with van der Waals surface area (Å²) < 4.78 is 33.8. The Morgan fingerprint density at radius 2 is 1.84 bits per heavy atom. The number of nitrogens with two attached hydrogens (primary N) is 2. The minimum absolute atomic E-state index is 0.000353. The number of anilines is 3. The van der Waals surface area contributed by atoms with Gasteiger partial charge in [0.1, 0.15) is 11.9 Å². The molecule has 3 aromatic rings. The highest BCUT2D eigenvalue weighted by Crippen LogP contribution is 2.37. The van der Waals surface area contributed by atoms with Crippen LogP contribution in [0.3, 0.4) is 0 Å². The molecule has 0 spiro atoms. The van der Waals surface area contributed by atoms with Crippen LogP contribution < -0.4 is 21.1 Å². The number of carboxylic acid groups (broad SMARTS) is 1. The number of hydrazone groups is 1. The smallest absolute Gasteiger partial charge is 0.339 e. The summed E-state index contributed by atoms with van der Waals surface area (Å²) in [6.45, 7) is 0. The van der Waals surface area contributed by atoms with Crippen molar-refractivity contribution in [2.75, 3.05) is 10.2 Å². The van der Waals surface area contributed by atoms with Gasteiger partial charge in [0, 0.05) is 12.1 Å². The molecule has 0 bridgehead atoms. The van der Waals surface area contributed by atoms with E-state index in [4.69, 9.17) is 19.9 Å². The van der Waals surface area contributed by atoms with Gasteiger partial charge in [-0.05, 0) is 12.1 Å². The molecule has 4 rings (SSSR count). The van der Waals surface area contributed by atoms with Crippen LogP contribution in [0.5, 0.6) is 0 Å². The summed E-state index contributed by atoms with van der Waals surface area (Å²) in [7, 11) is -4.42. The van der Waals surface area contributed by atoms with Crippen molar-refractivity contribution >= 4 is 45.5 Å². The molecule has 0 aliphatic carbocycles. The maximum atomic E-state index is 12.5. The van der Waals surface area contributed by atoms with Crippen LogP contribution >= 0.6 is 0 Å². The SMILES string of the molecule is NC1N(C(=O)c2ccno2)N=CN1c1ccc(S(N)(=O)=O)c(C(=O)O)c1Nc1ccno1. The zero-order valence-corrected chi connectivity index (χ0v) is 16.6. The van der Waals surface area contributed by atoms with Gasteiger partial charge in [-0.15, -0.1) is 0 Å². The largest absolute Gasteiger partial charge is 0.478 e. The molecule has 1 aliphatic rings. The Balaban J connectivity index is 1.82. The number of aromatic nitrogens is 2. The van der Waals surface area contributed by atoms with Crippen LogP contribution in [0.1, 0.15) is 20.9 Å². The number of primary sulfonamides is 1. The summed E-state index contributed by atoms with van der Waals surface area (Å²) in [4.78, 5) is 25.1. The molecule has 1 amide bonds. The molecule has 16 heteroatoms. The van der Waals surface area contributed by atoms with Gasteiger partial charge in [0.25, 0.3) is 0 Å². The van der Waals surface area contributed by atoms with Crippen molar-refractivity contribution in [2.45, 2.75) is 11.2 Å². The molecule has 1 aromatic carbocycles. The quantitative estimate of drug-likeness (QED) is 0.377. The van der Waals surface area contributed by atoms with Gasteiger partial charge in [-0.3, -0.25) is 15.4 Å². The van der Waals surface area contributed by atoms with Crippen molar-refractivity contribution in [1.29, 1.82) is 0 Å². The second-order valence-corrected chi connectivity index (χ2v) is 7.79. The van der Waals surface area contributed by atoms with Crippen LogP contribution in [0, 0.1) is 0 Å². The molecule has 1 atom stereocenters. The van der Waals surface area contributed by atoms with Gasteiger partial charge in [0.05, 0.1) is 28.7 Å². The fourth-order valence-corrected chi connectivity index (χ4v) is 3.68. The van der Waals surface area contributed by atoms with Gasteiger partial charge >= 0.3 is 11.9 Å². The van der Waals surface area contributed by atoms with E-state index in [2.05, 4.69) is 20.7 Å². The van der Waals surface area contributed by atoms with Crippen molar-refractivity contribution in [1.82, 2.24) is 15.3 Å². The number of carbonyl (C=O) groups is 2. The van der Waals surface area contributed by atoms with E-state index < -0.39 is 38.6 Å². The van der Waals surface area contributed by atoms with Crippen LogP contribution in [0.4, 0.5) is 17.3 Å². The molecule has 32 heavy (non-hydrogen) atoms. The van der Waals surface area contributed by atoms with E-state index in [-0.39, 0.29) is 23.0 Å². The minimum Gasteiger partial charge on any atom is -0.478 e. The molecule has 166 valence electrons. The third kappa shape index (κ3) is 3.64. The third-order valence-corrected chi connectivity index (χ3v) is 5.28. The first-order chi connectivity index (χ1) is 15.2. The first-order valence-corrected chi connectivity index (χ1v) is 10.2. The molecule has 0 fully saturated rings. The first kappa shape index (κ1) is 21.0. The summed E-state index contributed by atoms with van der Waals surface area (Å²) in [5, 5.41) is 29.4. The average molecular weight is 462 g/mol. The summed E-state index contributed by atoms with van der Waals surface area (Å²) in [5.74, 6) is -2.44. The number of carbonyl (C=O) groups excluding carboxylic acids is 1. The zero-order valence-electron chi connectivity index (χ0n) is 15.8. The van der Waals surface area contributed by atoms with Gasteiger partial charge in [-0.1, -0.05) is 10.3 Å². The van der Waals surface area contributed by atoms with Crippen LogP contribution in [-0.2, 0) is 10.0 Å². The number of benzene rings is 1. The van der Waals surface area contributed by atoms with Gasteiger partial charge in [0.2, 0.25) is 21.7 Å². The van der Waals surface area contributed by atoms with E-state index in [1.54, 1.807) is 0 Å². The van der Waals surface area contributed by atoms with Crippen molar-refractivity contribution in [2.24, 2.45) is 16.0 Å². The lowest BCUT2D eigenvalue weighted by atomic mass is 10.1. The predicted octanol–water partition coefficient (Wildman–Crippen LogP) is -0.100. The molecule has 0 saturated heterocycles. The second kappa shape index (κ2) is 7.76. The molecule has 0 saturated carbocycles. The number of hydrogen-bond donors (Lipinski definition) is 4. The number of hydrogen-bond acceptors (Lipinski definition) is 12. The number of carboxylic acids is 1. The lowest BCUT2D eigenvalue weighted by molar-refractivity contribution is 0.0670. The Bertz CT molecular complexity index is 1300. The fourth-order valence-electron chi connectivity index (χ4n) is 2.95. The summed E-state index contributed by atoms with van der Waals surface area (Å²) in [6, 6.07) is 4.94. The highest BCUT2D eigenvalue weighted by atomic mass is 32.2. The second-order valence-electron chi connectivity index (χ2n) is 6.26. The molecule has 1 aliphatic heterocycles. The van der Waals surface area contributed by atoms with Crippen molar-refractivity contribution in [3.8, 4) is 0 Å². The van der Waals surface area contributed by atoms with E-state index in [1.807, 2.05) is 0 Å². The van der Waals surface area contributed by atoms with Crippen LogP contribution in [0.25, 0.3) is 0 Å². The maximum absolute atomic E-state index is 12.5. The van der Waals surface area contributed by atoms with Gasteiger partial charge < -0.3 is 19.5 Å². The molecule has 15 nitrogen and oxygen atoms in total. The Labute approximate surface area is 178 Å². The minimum atomic E-state index is -4.42. The van der Waals surface area contributed by atoms with E-state index in [1.165, 1.54) is 35.5 Å². The van der Waals surface area contributed by atoms with Gasteiger partial charge in [-0.2, -0.15) is 10.1 Å². The molecule has 3 heterocycles. The monoisotopic (exact) mass is 462 g/mol. The Morgan fingerprint density at radius 3 is 2.44 bits per heavy atom. The normalized spacial score (nSPS) is 15.9. The molecule has 0 radical (unpaired) electrons. The van der Waals surface area contributed by atoms with E-state index in [0.29, 0.717) is 0 Å². The number of rotatable bonds is 6. The maximum Gasteiger partial charge on any atom is 0.339 e. The van der Waals surface area contributed by atoms with Gasteiger partial charge in [-0.25, -0.2) is 18.4 Å². The van der Waals surface area contributed by atoms with Crippen LogP contribution in [0.2, 0.25) is 0 Å². The van der Waals surface area contributed by atoms with Crippen LogP contribution in [-0.4, -0.2) is 53.4 Å². The average Bonchev–Trinajstić information content (AvgIpc) is 3.49.